The topological polar surface area (TPSA) is 35.2 Å². The third-order valence-corrected chi connectivity index (χ3v) is 2.16. The summed E-state index contributed by atoms with van der Waals surface area (Å²) in [5.74, 6) is 0.274. The van der Waals surface area contributed by atoms with Gasteiger partial charge < -0.3 is 10.5 Å². The number of nitrogen functional groups attached to an aromatic ring is 1. The van der Waals surface area contributed by atoms with Crippen LogP contribution < -0.4 is 10.5 Å². The van der Waals surface area contributed by atoms with Crippen LogP contribution in [0.3, 0.4) is 0 Å². The molecule has 0 amide bonds. The predicted molar refractivity (Wildman–Crippen MR) is 54.8 cm³/mol. The maximum Gasteiger partial charge on any atom is 0.272 e. The molecule has 0 heterocycles. The highest BCUT2D eigenvalue weighted by Crippen LogP contribution is 2.32. The molecule has 0 saturated carbocycles. The fourth-order valence-corrected chi connectivity index (χ4v) is 1.76. The molecule has 1 aromatic carbocycles. The Morgan fingerprint density at radius 1 is 1.50 bits per heavy atom. The van der Waals surface area contributed by atoms with Gasteiger partial charge in [-0.25, -0.2) is 8.78 Å². The zero-order valence-corrected chi connectivity index (χ0v) is 9.14. The van der Waals surface area contributed by atoms with E-state index < -0.39 is 13.0 Å². The lowest BCUT2D eigenvalue weighted by molar-refractivity contribution is 0.0819. The molecule has 1 aromatic rings. The maximum atomic E-state index is 11.9. The second-order valence-corrected chi connectivity index (χ2v) is 3.72. The van der Waals surface area contributed by atoms with Gasteiger partial charge in [0, 0.05) is 0 Å². The molecular formula is C9H10BrF2NO. The summed E-state index contributed by atoms with van der Waals surface area (Å²) in [5.41, 5.74) is 6.91. The Morgan fingerprint density at radius 2 is 2.14 bits per heavy atom. The molecule has 0 atom stereocenters. The molecule has 0 aliphatic rings. The highest BCUT2D eigenvalue weighted by atomic mass is 79.9. The quantitative estimate of drug-likeness (QED) is 0.853. The van der Waals surface area contributed by atoms with Crippen LogP contribution in [-0.2, 0) is 0 Å². The zero-order chi connectivity index (χ0) is 10.7. The number of anilines is 1. The van der Waals surface area contributed by atoms with E-state index in [1.807, 2.05) is 6.92 Å². The van der Waals surface area contributed by atoms with Crippen LogP contribution in [-0.4, -0.2) is 13.0 Å². The average molecular weight is 266 g/mol. The number of ether oxygens (including phenoxy) is 1. The molecule has 0 saturated heterocycles. The van der Waals surface area contributed by atoms with Crippen LogP contribution >= 0.6 is 15.9 Å². The van der Waals surface area contributed by atoms with E-state index >= 15 is 0 Å². The molecule has 0 radical (unpaired) electrons. The number of aryl methyl sites for hydroxylation is 1. The van der Waals surface area contributed by atoms with Gasteiger partial charge >= 0.3 is 0 Å². The van der Waals surface area contributed by atoms with Crippen LogP contribution in [0.15, 0.2) is 16.6 Å². The van der Waals surface area contributed by atoms with Crippen LogP contribution in [0.4, 0.5) is 14.5 Å². The van der Waals surface area contributed by atoms with E-state index in [4.69, 9.17) is 10.5 Å². The lowest BCUT2D eigenvalue weighted by Gasteiger charge is -2.11. The summed E-state index contributed by atoms with van der Waals surface area (Å²) in [6, 6.07) is 3.43. The van der Waals surface area contributed by atoms with E-state index in [1.165, 1.54) is 0 Å². The number of alkyl halides is 2. The van der Waals surface area contributed by atoms with E-state index in [9.17, 15) is 8.78 Å². The zero-order valence-electron chi connectivity index (χ0n) is 7.56. The molecule has 1 rings (SSSR count). The second-order valence-electron chi connectivity index (χ2n) is 2.87. The Kier molecular flexibility index (Phi) is 3.69. The van der Waals surface area contributed by atoms with Gasteiger partial charge in [0.2, 0.25) is 0 Å². The van der Waals surface area contributed by atoms with Gasteiger partial charge in [-0.15, -0.1) is 0 Å². The number of nitrogens with two attached hydrogens (primary N) is 1. The predicted octanol–water partition coefficient (Wildman–Crippen LogP) is 2.98. The number of hydrogen-bond acceptors (Lipinski definition) is 2. The first-order valence-electron chi connectivity index (χ1n) is 3.97. The van der Waals surface area contributed by atoms with Gasteiger partial charge in [-0.05, 0) is 40.5 Å². The lowest BCUT2D eigenvalue weighted by Crippen LogP contribution is -2.08. The van der Waals surface area contributed by atoms with Crippen molar-refractivity contribution < 1.29 is 13.5 Å². The highest BCUT2D eigenvalue weighted by Gasteiger charge is 2.10. The van der Waals surface area contributed by atoms with Crippen molar-refractivity contribution in [2.45, 2.75) is 13.3 Å². The first-order chi connectivity index (χ1) is 6.50. The third kappa shape index (κ3) is 2.83. The molecule has 0 spiro atoms. The molecule has 2 N–H and O–H groups in total. The van der Waals surface area contributed by atoms with Crippen molar-refractivity contribution in [3.8, 4) is 5.75 Å². The van der Waals surface area contributed by atoms with Gasteiger partial charge in [0.15, 0.2) is 5.75 Å². The summed E-state index contributed by atoms with van der Waals surface area (Å²) < 4.78 is 29.2. The monoisotopic (exact) mass is 265 g/mol. The number of benzene rings is 1. The Hall–Kier alpha value is -0.840. The molecule has 0 fully saturated rings. The molecule has 2 nitrogen and oxygen atoms in total. The van der Waals surface area contributed by atoms with Crippen molar-refractivity contribution in [2.24, 2.45) is 0 Å². The Labute approximate surface area is 89.2 Å². The van der Waals surface area contributed by atoms with Crippen LogP contribution in [0.1, 0.15) is 5.56 Å². The molecular weight excluding hydrogens is 256 g/mol. The Bertz CT molecular complexity index is 308. The van der Waals surface area contributed by atoms with E-state index in [0.717, 1.165) is 5.56 Å². The van der Waals surface area contributed by atoms with Gasteiger partial charge in [-0.2, -0.15) is 0 Å². The molecule has 5 heteroatoms. The number of rotatable bonds is 3. The van der Waals surface area contributed by atoms with Gasteiger partial charge in [0.1, 0.15) is 6.61 Å². The molecule has 0 aliphatic carbocycles. The average Bonchev–Trinajstić information content (AvgIpc) is 2.01. The molecule has 14 heavy (non-hydrogen) atoms. The minimum Gasteiger partial charge on any atom is -0.484 e. The number of hydrogen-bond donors (Lipinski definition) is 1. The summed E-state index contributed by atoms with van der Waals surface area (Å²) in [6.45, 7) is 1.21. The maximum absolute atomic E-state index is 11.9. The fraction of sp³-hybridized carbons (Fsp3) is 0.333. The third-order valence-electron chi connectivity index (χ3n) is 1.57. The van der Waals surface area contributed by atoms with Crippen molar-refractivity contribution >= 4 is 21.6 Å². The van der Waals surface area contributed by atoms with E-state index in [-0.39, 0.29) is 5.75 Å². The summed E-state index contributed by atoms with van der Waals surface area (Å²) in [5, 5.41) is 0. The van der Waals surface area contributed by atoms with Gasteiger partial charge in [0.05, 0.1) is 10.2 Å². The minimum absolute atomic E-state index is 0.274. The summed E-state index contributed by atoms with van der Waals surface area (Å²) >= 11 is 3.20. The normalized spacial score (nSPS) is 10.6. The van der Waals surface area contributed by atoms with Crippen LogP contribution in [0, 0.1) is 6.92 Å². The molecule has 0 unspecified atom stereocenters. The molecule has 78 valence electrons. The van der Waals surface area contributed by atoms with Gasteiger partial charge in [0.25, 0.3) is 6.43 Å². The lowest BCUT2D eigenvalue weighted by atomic mass is 10.2. The first kappa shape index (κ1) is 11.2. The molecule has 0 aliphatic heterocycles. The van der Waals surface area contributed by atoms with E-state index in [2.05, 4.69) is 15.9 Å². The first-order valence-corrected chi connectivity index (χ1v) is 4.76. The molecule has 0 bridgehead atoms. The van der Waals surface area contributed by atoms with Crippen molar-refractivity contribution in [1.82, 2.24) is 0 Å². The summed E-state index contributed by atoms with van der Waals surface area (Å²) in [6.07, 6.45) is -2.50. The summed E-state index contributed by atoms with van der Waals surface area (Å²) in [7, 11) is 0. The van der Waals surface area contributed by atoms with Crippen molar-refractivity contribution in [1.29, 1.82) is 0 Å². The minimum atomic E-state index is -2.50. The van der Waals surface area contributed by atoms with Crippen molar-refractivity contribution in [2.75, 3.05) is 12.3 Å². The van der Waals surface area contributed by atoms with Crippen LogP contribution in [0.2, 0.25) is 0 Å². The fourth-order valence-electron chi connectivity index (χ4n) is 1.05. The smallest absolute Gasteiger partial charge is 0.272 e. The van der Waals surface area contributed by atoms with Crippen LogP contribution in [0.25, 0.3) is 0 Å². The highest BCUT2D eigenvalue weighted by molar-refractivity contribution is 9.10. The Morgan fingerprint density at radius 3 is 2.64 bits per heavy atom. The SMILES string of the molecule is Cc1cc(N)c(OCC(F)F)c(Br)c1. The largest absolute Gasteiger partial charge is 0.484 e. The van der Waals surface area contributed by atoms with Gasteiger partial charge in [-0.1, -0.05) is 0 Å². The van der Waals surface area contributed by atoms with Gasteiger partial charge in [-0.3, -0.25) is 0 Å². The number of halogens is 3. The Balaban J connectivity index is 2.86. The van der Waals surface area contributed by atoms with Crippen molar-refractivity contribution in [3.05, 3.63) is 22.2 Å². The van der Waals surface area contributed by atoms with E-state index in [0.29, 0.717) is 10.2 Å². The molecule has 0 aromatic heterocycles. The summed E-state index contributed by atoms with van der Waals surface area (Å²) in [4.78, 5) is 0. The van der Waals surface area contributed by atoms with Crippen molar-refractivity contribution in [3.63, 3.8) is 0 Å². The van der Waals surface area contributed by atoms with Crippen LogP contribution in [0.5, 0.6) is 5.75 Å². The van der Waals surface area contributed by atoms with E-state index in [1.54, 1.807) is 12.1 Å². The second kappa shape index (κ2) is 4.59. The standard InChI is InChI=1S/C9H10BrF2NO/c1-5-2-6(10)9(7(13)3-5)14-4-8(11)12/h2-3,8H,4,13H2,1H3.